The molecule has 1 saturated carbocycles. The smallest absolute Gasteiger partial charge is 0.268 e. The lowest BCUT2D eigenvalue weighted by molar-refractivity contribution is -0.379. The van der Waals surface area contributed by atoms with Gasteiger partial charge in [-0.2, -0.15) is 0 Å². The normalized spacial score (nSPS) is 51.6. The topological polar surface area (TPSA) is 461 Å². The standard InChI is InChI=1S/C34H61NO28P2/c1-10-5-12(28-29(17(10)38)63-65(50,51)62-28)55-31-11(2)18(39)27(14(7-37)57-31)60-33-26(47)23(44)20(41)15(58-33)8-52-34-30(61-32-25(46)22(43)19(40)13(6-36)56-32)24(45)21(42)16(59-34)9-54-64(48,49)53-4-3-35/h10-34,36-47H,3-9,35H2,1-2H3,(H,48,49)(H,50,51)/p-1/t10-,11?,12?,13?,14?,15?,16?,17?,18+,19+,20+,21+,22-,23-,24-,25?,26?,27+,28-,29-,30?,31-,32+,33+,34-/m0/s1. The summed E-state index contributed by atoms with van der Waals surface area (Å²) >= 11 is 0. The van der Waals surface area contributed by atoms with Crippen molar-refractivity contribution in [3.8, 4) is 0 Å². The second-order valence-corrected chi connectivity index (χ2v) is 19.5. The van der Waals surface area contributed by atoms with E-state index < -0.39 is 195 Å². The highest BCUT2D eigenvalue weighted by Crippen LogP contribution is 2.54. The highest BCUT2D eigenvalue weighted by Gasteiger charge is 2.56. The molecule has 6 rings (SSSR count). The van der Waals surface area contributed by atoms with Gasteiger partial charge in [0.2, 0.25) is 0 Å². The van der Waals surface area contributed by atoms with E-state index in [4.69, 9.17) is 51.5 Å². The minimum atomic E-state index is -5.01. The van der Waals surface area contributed by atoms with Crippen molar-refractivity contribution in [1.82, 2.24) is 0 Å². The molecule has 27 atom stereocenters. The van der Waals surface area contributed by atoms with E-state index >= 15 is 0 Å². The molecular weight excluding hydrogens is 932 g/mol. The van der Waals surface area contributed by atoms with E-state index in [9.17, 15) is 80.2 Å². The van der Waals surface area contributed by atoms with E-state index in [0.717, 1.165) is 0 Å². The average molecular weight is 993 g/mol. The lowest BCUT2D eigenvalue weighted by atomic mass is 9.81. The van der Waals surface area contributed by atoms with Crippen molar-refractivity contribution in [2.75, 3.05) is 39.6 Å². The van der Waals surface area contributed by atoms with E-state index in [-0.39, 0.29) is 19.6 Å². The molecular formula is C34H60NO28P2-. The molecule has 29 nitrogen and oxygen atoms in total. The molecule has 5 aliphatic heterocycles. The summed E-state index contributed by atoms with van der Waals surface area (Å²) < 4.78 is 89.9. The number of quaternary nitrogens is 1. The molecule has 0 radical (unpaired) electrons. The number of fused-ring (bicyclic) bond motifs is 1. The Morgan fingerprint density at radius 2 is 1.14 bits per heavy atom. The molecule has 0 bridgehead atoms. The van der Waals surface area contributed by atoms with Crippen LogP contribution in [0.5, 0.6) is 0 Å². The first-order valence-corrected chi connectivity index (χ1v) is 23.7. The van der Waals surface area contributed by atoms with Crippen molar-refractivity contribution in [1.29, 1.82) is 0 Å². The van der Waals surface area contributed by atoms with E-state index in [0.29, 0.717) is 0 Å². The van der Waals surface area contributed by atoms with Crippen LogP contribution in [-0.4, -0.2) is 242 Å². The largest absolute Gasteiger partial charge is 0.756 e. The first-order valence-electron chi connectivity index (χ1n) is 20.8. The molecule has 0 spiro atoms. The van der Waals surface area contributed by atoms with E-state index in [1.807, 2.05) is 0 Å². The lowest BCUT2D eigenvalue weighted by Gasteiger charge is -2.48. The van der Waals surface area contributed by atoms with Crippen molar-refractivity contribution in [2.45, 2.75) is 161 Å². The Bertz CT molecular complexity index is 1620. The van der Waals surface area contributed by atoms with Crippen molar-refractivity contribution < 1.29 is 142 Å². The number of phosphoric acid groups is 2. The molecule has 5 saturated heterocycles. The molecule has 31 heteroatoms. The first-order chi connectivity index (χ1) is 30.5. The van der Waals surface area contributed by atoms with Gasteiger partial charge in [0.1, 0.15) is 104 Å². The Morgan fingerprint density at radius 3 is 1.75 bits per heavy atom. The van der Waals surface area contributed by atoms with Gasteiger partial charge in [-0.1, -0.05) is 13.8 Å². The number of phosphoric ester groups is 2. The van der Waals surface area contributed by atoms with Crippen LogP contribution in [0.1, 0.15) is 20.3 Å². The van der Waals surface area contributed by atoms with Gasteiger partial charge in [0.15, 0.2) is 25.2 Å². The van der Waals surface area contributed by atoms with Crippen LogP contribution in [0.25, 0.3) is 0 Å². The lowest BCUT2D eigenvalue weighted by Crippen LogP contribution is -2.65. The predicted octanol–water partition coefficient (Wildman–Crippen LogP) is -9.68. The van der Waals surface area contributed by atoms with Crippen molar-refractivity contribution in [3.63, 3.8) is 0 Å². The van der Waals surface area contributed by atoms with Crippen LogP contribution in [0.4, 0.5) is 0 Å². The van der Waals surface area contributed by atoms with Crippen molar-refractivity contribution in [2.24, 2.45) is 11.8 Å². The van der Waals surface area contributed by atoms with Crippen molar-refractivity contribution >= 4 is 15.6 Å². The molecule has 380 valence electrons. The molecule has 6 fully saturated rings. The predicted molar refractivity (Wildman–Crippen MR) is 197 cm³/mol. The first kappa shape index (κ1) is 53.7. The van der Waals surface area contributed by atoms with E-state index in [1.165, 1.54) is 6.92 Å². The zero-order valence-electron chi connectivity index (χ0n) is 34.9. The van der Waals surface area contributed by atoms with Crippen LogP contribution in [0, 0.1) is 11.8 Å². The Kier molecular flexibility index (Phi) is 18.4. The fraction of sp³-hybridized carbons (Fsp3) is 1.00. The summed E-state index contributed by atoms with van der Waals surface area (Å²) in [5.41, 5.74) is 3.44. The van der Waals surface area contributed by atoms with Gasteiger partial charge in [-0.15, -0.1) is 0 Å². The maximum atomic E-state index is 12.2. The molecule has 0 aromatic rings. The number of hydrogen-bond acceptors (Lipinski definition) is 28. The van der Waals surface area contributed by atoms with Gasteiger partial charge in [-0.3, -0.25) is 9.13 Å². The average Bonchev–Trinajstić information content (AvgIpc) is 3.61. The molecule has 0 aromatic heterocycles. The van der Waals surface area contributed by atoms with Crippen LogP contribution < -0.4 is 15.5 Å². The molecule has 65 heavy (non-hydrogen) atoms. The summed E-state index contributed by atoms with van der Waals surface area (Å²) in [5.74, 6) is -1.54. The SMILES string of the molecule is CC1[C@@H](OC2C[C@H](C)C(O)[C@@H]3OP(=O)([O-])O[C@@H]23)OC(CO)[C@@H](O[C@H]2OC(CO[C@H]3OC(COP(=O)([O-])OCC[NH3+])[C@@H](O)[C@H](O)C3O[C@H]3OC(CO)[C@@H](O)[C@H](O)C3O)[C@@H](O)[C@H](O)C2O)[C@@H]1O. The number of aliphatic hydroxyl groups excluding tert-OH is 12. The molecule has 0 amide bonds. The zero-order valence-corrected chi connectivity index (χ0v) is 36.7. The van der Waals surface area contributed by atoms with Gasteiger partial charge in [0.25, 0.3) is 15.6 Å². The summed E-state index contributed by atoms with van der Waals surface area (Å²) in [4.78, 5) is 24.4. The maximum Gasteiger partial charge on any atom is 0.268 e. The fourth-order valence-electron chi connectivity index (χ4n) is 8.32. The third-order valence-corrected chi connectivity index (χ3v) is 14.1. The molecule has 1 aliphatic carbocycles. The summed E-state index contributed by atoms with van der Waals surface area (Å²) in [6.45, 7) is -0.798. The summed E-state index contributed by atoms with van der Waals surface area (Å²) in [7, 11) is -9.79. The number of aliphatic hydroxyl groups is 12. The van der Waals surface area contributed by atoms with Gasteiger partial charge in [-0.25, -0.2) is 0 Å². The van der Waals surface area contributed by atoms with Crippen molar-refractivity contribution in [3.05, 3.63) is 0 Å². The van der Waals surface area contributed by atoms with Gasteiger partial charge in [0.05, 0.1) is 51.3 Å². The second kappa shape index (κ2) is 22.2. The summed E-state index contributed by atoms with van der Waals surface area (Å²) in [6, 6.07) is 0. The quantitative estimate of drug-likeness (QED) is 0.0602. The minimum absolute atomic E-state index is 0.0414. The Balaban J connectivity index is 1.15. The number of ether oxygens (including phenoxy) is 8. The van der Waals surface area contributed by atoms with Gasteiger partial charge in [0, 0.05) is 5.92 Å². The Morgan fingerprint density at radius 1 is 0.615 bits per heavy atom. The third-order valence-electron chi connectivity index (χ3n) is 12.1. The highest BCUT2D eigenvalue weighted by atomic mass is 31.2. The van der Waals surface area contributed by atoms with E-state index in [1.54, 1.807) is 6.92 Å². The van der Waals surface area contributed by atoms with Crippen LogP contribution in [-0.2, 0) is 65.1 Å². The van der Waals surface area contributed by atoms with Gasteiger partial charge < -0.3 is 133 Å². The summed E-state index contributed by atoms with van der Waals surface area (Å²) in [5, 5.41) is 128. The van der Waals surface area contributed by atoms with Crippen LogP contribution in [0.3, 0.4) is 0 Å². The fourth-order valence-corrected chi connectivity index (χ4v) is 10.2. The molecule has 6 aliphatic rings. The summed E-state index contributed by atoms with van der Waals surface area (Å²) in [6.07, 6.45) is -39.3. The highest BCUT2D eigenvalue weighted by molar-refractivity contribution is 7.46. The number of hydrogen-bond donors (Lipinski definition) is 13. The minimum Gasteiger partial charge on any atom is -0.756 e. The Hall–Kier alpha value is -0.620. The van der Waals surface area contributed by atoms with Crippen LogP contribution >= 0.6 is 15.6 Å². The van der Waals surface area contributed by atoms with Crippen LogP contribution in [0.2, 0.25) is 0 Å². The van der Waals surface area contributed by atoms with E-state index in [2.05, 4.69) is 10.3 Å². The molecule has 0 aromatic carbocycles. The third kappa shape index (κ3) is 11.9. The zero-order chi connectivity index (χ0) is 47.9. The van der Waals surface area contributed by atoms with Crippen LogP contribution in [0.15, 0.2) is 0 Å². The maximum absolute atomic E-state index is 12.2. The number of rotatable bonds is 17. The second-order valence-electron chi connectivity index (χ2n) is 16.7. The molecule has 5 heterocycles. The van der Waals surface area contributed by atoms with Gasteiger partial charge >= 0.3 is 0 Å². The monoisotopic (exact) mass is 992 g/mol. The van der Waals surface area contributed by atoms with Gasteiger partial charge in [-0.05, 0) is 12.3 Å². The molecule has 12 unspecified atom stereocenters. The molecule has 15 N–H and O–H groups in total. The Labute approximate surface area is 370 Å².